The Bertz CT molecular complexity index is 930. The molecule has 4 nitrogen and oxygen atoms in total. The molecule has 2 heterocycles. The predicted octanol–water partition coefficient (Wildman–Crippen LogP) is 5.82. The maximum absolute atomic E-state index is 13.4. The molecule has 0 amide bonds. The lowest BCUT2D eigenvalue weighted by Crippen LogP contribution is -2.21. The molecule has 0 saturated carbocycles. The van der Waals surface area contributed by atoms with Crippen LogP contribution in [0.15, 0.2) is 53.7 Å². The molecule has 0 saturated heterocycles. The average molecular weight is 404 g/mol. The predicted molar refractivity (Wildman–Crippen MR) is 108 cm³/mol. The number of hydrogen-bond donors (Lipinski definition) is 0. The lowest BCUT2D eigenvalue weighted by atomic mass is 10.2. The molecule has 0 N–H and O–H groups in total. The fraction of sp³-hybridized carbons (Fsp3) is 0.250. The molecular weight excluding hydrogens is 385 g/mol. The van der Waals surface area contributed by atoms with Gasteiger partial charge in [-0.1, -0.05) is 29.5 Å². The minimum absolute atomic E-state index is 0.0304. The highest BCUT2D eigenvalue weighted by atomic mass is 32.1. The Hall–Kier alpha value is -2.74. The molecule has 0 aliphatic carbocycles. The van der Waals surface area contributed by atoms with Gasteiger partial charge < -0.3 is 4.90 Å². The molecule has 0 fully saturated rings. The molecule has 0 bridgehead atoms. The maximum Gasteiger partial charge on any atom is 0.434 e. The van der Waals surface area contributed by atoms with Crippen molar-refractivity contribution in [1.82, 2.24) is 9.97 Å². The molecular formula is C20H19F3N4S. The van der Waals surface area contributed by atoms with E-state index in [2.05, 4.69) is 33.7 Å². The molecule has 28 heavy (non-hydrogen) atoms. The summed E-state index contributed by atoms with van der Waals surface area (Å²) in [5.74, 6) is 0. The topological polar surface area (TPSA) is 41.4 Å². The van der Waals surface area contributed by atoms with Gasteiger partial charge in [-0.3, -0.25) is 4.98 Å². The maximum atomic E-state index is 13.4. The number of aliphatic imine (C=N–C) groups is 1. The number of alkyl halides is 3. The van der Waals surface area contributed by atoms with Crippen LogP contribution in [0.5, 0.6) is 0 Å². The zero-order chi connectivity index (χ0) is 20.1. The second kappa shape index (κ2) is 8.52. The quantitative estimate of drug-likeness (QED) is 0.486. The molecule has 1 aromatic carbocycles. The van der Waals surface area contributed by atoms with Crippen LogP contribution in [0.2, 0.25) is 0 Å². The van der Waals surface area contributed by atoms with E-state index in [4.69, 9.17) is 0 Å². The fourth-order valence-corrected chi connectivity index (χ4v) is 3.62. The van der Waals surface area contributed by atoms with E-state index in [1.54, 1.807) is 12.1 Å². The van der Waals surface area contributed by atoms with E-state index < -0.39 is 11.9 Å². The highest BCUT2D eigenvalue weighted by Gasteiger charge is 2.38. The summed E-state index contributed by atoms with van der Waals surface area (Å²) in [5, 5.41) is 0.0424. The van der Waals surface area contributed by atoms with E-state index in [1.165, 1.54) is 18.5 Å². The number of pyridine rings is 1. The van der Waals surface area contributed by atoms with Crippen molar-refractivity contribution >= 4 is 28.4 Å². The summed E-state index contributed by atoms with van der Waals surface area (Å²) in [6.45, 7) is 5.97. The van der Waals surface area contributed by atoms with Crippen LogP contribution < -0.4 is 4.90 Å². The van der Waals surface area contributed by atoms with E-state index >= 15 is 0 Å². The molecule has 0 aliphatic heterocycles. The minimum atomic E-state index is -4.57. The van der Waals surface area contributed by atoms with Gasteiger partial charge in [0.1, 0.15) is 0 Å². The Kier molecular flexibility index (Phi) is 6.08. The lowest BCUT2D eigenvalue weighted by molar-refractivity contribution is -0.140. The zero-order valence-electron chi connectivity index (χ0n) is 15.4. The normalized spacial score (nSPS) is 11.9. The van der Waals surface area contributed by atoms with Crippen LogP contribution in [-0.2, 0) is 6.18 Å². The van der Waals surface area contributed by atoms with Gasteiger partial charge in [0.15, 0.2) is 5.69 Å². The second-order valence-electron chi connectivity index (χ2n) is 5.91. The molecule has 146 valence electrons. The number of anilines is 1. The van der Waals surface area contributed by atoms with Crippen molar-refractivity contribution < 1.29 is 13.2 Å². The molecule has 3 aromatic rings. The molecule has 0 atom stereocenters. The first kappa shape index (κ1) is 20.0. The first-order valence-corrected chi connectivity index (χ1v) is 9.62. The highest BCUT2D eigenvalue weighted by molar-refractivity contribution is 7.18. The van der Waals surface area contributed by atoms with Gasteiger partial charge in [0.2, 0.25) is 5.13 Å². The minimum Gasteiger partial charge on any atom is -0.372 e. The van der Waals surface area contributed by atoms with Gasteiger partial charge in [-0.2, -0.15) is 13.2 Å². The van der Waals surface area contributed by atoms with Crippen molar-refractivity contribution in [2.45, 2.75) is 20.0 Å². The van der Waals surface area contributed by atoms with Crippen LogP contribution in [0.1, 0.15) is 25.1 Å². The largest absolute Gasteiger partial charge is 0.434 e. The van der Waals surface area contributed by atoms with Crippen LogP contribution in [0.3, 0.4) is 0 Å². The van der Waals surface area contributed by atoms with E-state index in [0.29, 0.717) is 0 Å². The van der Waals surface area contributed by atoms with Gasteiger partial charge in [-0.15, -0.1) is 0 Å². The Labute approximate surface area is 165 Å². The van der Waals surface area contributed by atoms with Crippen molar-refractivity contribution in [1.29, 1.82) is 0 Å². The Morgan fingerprint density at radius 1 is 1.07 bits per heavy atom. The summed E-state index contributed by atoms with van der Waals surface area (Å²) in [6.07, 6.45) is -1.59. The summed E-state index contributed by atoms with van der Waals surface area (Å²) >= 11 is 0.874. The Balaban J connectivity index is 1.87. The average Bonchev–Trinajstić information content (AvgIpc) is 3.14. The summed E-state index contributed by atoms with van der Waals surface area (Å²) in [7, 11) is 0. The van der Waals surface area contributed by atoms with Crippen molar-refractivity contribution in [3.63, 3.8) is 0 Å². The van der Waals surface area contributed by atoms with Crippen LogP contribution in [-0.4, -0.2) is 29.3 Å². The summed E-state index contributed by atoms with van der Waals surface area (Å²) in [5.41, 5.74) is 1.16. The third-order valence-electron chi connectivity index (χ3n) is 4.13. The first-order chi connectivity index (χ1) is 13.4. The van der Waals surface area contributed by atoms with Gasteiger partial charge in [-0.05, 0) is 43.7 Å². The number of nitrogens with zero attached hydrogens (tertiary/aromatic N) is 4. The van der Waals surface area contributed by atoms with E-state index in [9.17, 15) is 13.2 Å². The van der Waals surface area contributed by atoms with E-state index in [0.717, 1.165) is 35.7 Å². The molecule has 0 radical (unpaired) electrons. The van der Waals surface area contributed by atoms with E-state index in [1.807, 2.05) is 24.3 Å². The van der Waals surface area contributed by atoms with Gasteiger partial charge in [0.25, 0.3) is 0 Å². The van der Waals surface area contributed by atoms with Crippen molar-refractivity contribution in [3.05, 3.63) is 59.9 Å². The third kappa shape index (κ3) is 4.56. The van der Waals surface area contributed by atoms with Crippen LogP contribution in [0.25, 0.3) is 10.6 Å². The first-order valence-electron chi connectivity index (χ1n) is 8.81. The number of aromatic nitrogens is 2. The molecule has 0 unspecified atom stereocenters. The zero-order valence-corrected chi connectivity index (χ0v) is 16.3. The standard InChI is InChI=1S/C20H19F3N4S/c1-3-27(4-2)15-10-8-14(9-11-15)13-25-19-26-18(20(21,22)23)17(28-19)16-7-5-6-12-24-16/h5-13H,3-4H2,1-2H3/b25-13+. The SMILES string of the molecule is CCN(CC)c1ccc(/C=N/c2nc(C(F)(F)F)c(-c3ccccn3)s2)cc1. The van der Waals surface area contributed by atoms with Crippen LogP contribution in [0.4, 0.5) is 24.0 Å². The highest BCUT2D eigenvalue weighted by Crippen LogP contribution is 2.42. The third-order valence-corrected chi connectivity index (χ3v) is 5.11. The monoisotopic (exact) mass is 404 g/mol. The van der Waals surface area contributed by atoms with Gasteiger partial charge in [0.05, 0.1) is 10.6 Å². The van der Waals surface area contributed by atoms with Crippen molar-refractivity contribution in [2.24, 2.45) is 4.99 Å². The van der Waals surface area contributed by atoms with Gasteiger partial charge in [-0.25, -0.2) is 9.98 Å². The van der Waals surface area contributed by atoms with Gasteiger partial charge in [0, 0.05) is 31.2 Å². The van der Waals surface area contributed by atoms with Gasteiger partial charge >= 0.3 is 6.18 Å². The molecule has 2 aromatic heterocycles. The Morgan fingerprint density at radius 2 is 1.79 bits per heavy atom. The molecule has 0 aliphatic rings. The number of thiazole rings is 1. The number of rotatable bonds is 6. The molecule has 8 heteroatoms. The molecule has 3 rings (SSSR count). The van der Waals surface area contributed by atoms with Crippen LogP contribution in [0, 0.1) is 0 Å². The number of benzene rings is 1. The summed E-state index contributed by atoms with van der Waals surface area (Å²) in [6, 6.07) is 12.5. The van der Waals surface area contributed by atoms with Crippen molar-refractivity contribution in [3.8, 4) is 10.6 Å². The number of hydrogen-bond acceptors (Lipinski definition) is 5. The Morgan fingerprint density at radius 3 is 2.36 bits per heavy atom. The van der Waals surface area contributed by atoms with Crippen molar-refractivity contribution in [2.75, 3.05) is 18.0 Å². The molecule has 0 spiro atoms. The summed E-state index contributed by atoms with van der Waals surface area (Å²) < 4.78 is 40.1. The van der Waals surface area contributed by atoms with E-state index in [-0.39, 0.29) is 15.7 Å². The second-order valence-corrected chi connectivity index (χ2v) is 6.89. The summed E-state index contributed by atoms with van der Waals surface area (Å²) in [4.78, 5) is 14.0. The number of halogens is 3. The smallest absolute Gasteiger partial charge is 0.372 e. The fourth-order valence-electron chi connectivity index (χ4n) is 2.72. The van der Waals surface area contributed by atoms with Crippen LogP contribution >= 0.6 is 11.3 Å². The lowest BCUT2D eigenvalue weighted by Gasteiger charge is -2.20.